The molecule has 0 saturated heterocycles. The molecule has 7 nitrogen and oxygen atoms in total. The molecule has 0 unspecified atom stereocenters. The molecule has 0 aliphatic rings. The fourth-order valence-corrected chi connectivity index (χ4v) is 1.52. The van der Waals surface area contributed by atoms with E-state index in [0.29, 0.717) is 32.0 Å². The molecule has 0 aromatic heterocycles. The van der Waals surface area contributed by atoms with Crippen LogP contribution in [0.25, 0.3) is 0 Å². The van der Waals surface area contributed by atoms with Gasteiger partial charge < -0.3 is 20.7 Å². The number of carbonyl (C=O) groups is 2. The minimum Gasteiger partial charge on any atom is -0.466 e. The molecule has 0 aromatic carbocycles. The molecule has 0 saturated carbocycles. The van der Waals surface area contributed by atoms with Crippen LogP contribution in [0.5, 0.6) is 0 Å². The summed E-state index contributed by atoms with van der Waals surface area (Å²) in [6.45, 7) is 8.69. The molecule has 3 N–H and O–H groups in total. The Kier molecular flexibility index (Phi) is 13.2. The zero-order valence-corrected chi connectivity index (χ0v) is 16.4. The average Bonchev–Trinajstić information content (AvgIpc) is 2.36. The lowest BCUT2D eigenvalue weighted by Gasteiger charge is -2.21. The molecule has 0 aromatic rings. The topological polar surface area (TPSA) is 91.8 Å². The van der Waals surface area contributed by atoms with Gasteiger partial charge in [0.15, 0.2) is 5.96 Å². The van der Waals surface area contributed by atoms with Gasteiger partial charge in [-0.15, -0.1) is 24.0 Å². The summed E-state index contributed by atoms with van der Waals surface area (Å²) in [6, 6.07) is 0. The second-order valence-electron chi connectivity index (χ2n) is 5.56. The van der Waals surface area contributed by atoms with Gasteiger partial charge in [-0.2, -0.15) is 0 Å². The van der Waals surface area contributed by atoms with Gasteiger partial charge in [-0.3, -0.25) is 14.6 Å². The van der Waals surface area contributed by atoms with E-state index in [1.807, 2.05) is 20.8 Å². The normalized spacial score (nSPS) is 11.2. The van der Waals surface area contributed by atoms with Crippen molar-refractivity contribution in [3.63, 3.8) is 0 Å². The first-order valence-electron chi connectivity index (χ1n) is 7.19. The van der Waals surface area contributed by atoms with Crippen molar-refractivity contribution in [1.29, 1.82) is 0 Å². The number of guanidine groups is 1. The van der Waals surface area contributed by atoms with Crippen molar-refractivity contribution in [2.24, 2.45) is 4.99 Å². The maximum atomic E-state index is 11.7. The number of ether oxygens (including phenoxy) is 1. The van der Waals surface area contributed by atoms with E-state index < -0.39 is 0 Å². The van der Waals surface area contributed by atoms with Gasteiger partial charge >= 0.3 is 5.97 Å². The van der Waals surface area contributed by atoms with E-state index in [9.17, 15) is 9.59 Å². The highest BCUT2D eigenvalue weighted by atomic mass is 127. The molecule has 22 heavy (non-hydrogen) atoms. The van der Waals surface area contributed by atoms with Crippen molar-refractivity contribution in [1.82, 2.24) is 16.0 Å². The van der Waals surface area contributed by atoms with Gasteiger partial charge in [0.2, 0.25) is 5.91 Å². The average molecular weight is 428 g/mol. The van der Waals surface area contributed by atoms with Crippen LogP contribution in [0, 0.1) is 0 Å². The molecule has 0 rings (SSSR count). The van der Waals surface area contributed by atoms with E-state index in [4.69, 9.17) is 4.74 Å². The highest BCUT2D eigenvalue weighted by molar-refractivity contribution is 14.0. The molecule has 0 aliphatic carbocycles. The van der Waals surface area contributed by atoms with Gasteiger partial charge in [0, 0.05) is 25.6 Å². The fraction of sp³-hybridized carbons (Fsp3) is 0.786. The van der Waals surface area contributed by atoms with Crippen LogP contribution in [-0.4, -0.2) is 50.1 Å². The van der Waals surface area contributed by atoms with E-state index in [0.717, 1.165) is 0 Å². The second kappa shape index (κ2) is 12.5. The smallest absolute Gasteiger partial charge is 0.305 e. The molecule has 1 amide bonds. The summed E-state index contributed by atoms with van der Waals surface area (Å²) in [4.78, 5) is 26.8. The first-order valence-corrected chi connectivity index (χ1v) is 7.19. The third-order valence-electron chi connectivity index (χ3n) is 2.31. The Labute approximate surface area is 150 Å². The van der Waals surface area contributed by atoms with Gasteiger partial charge in [-0.1, -0.05) is 0 Å². The predicted octanol–water partition coefficient (Wildman–Crippen LogP) is 1.03. The number of aliphatic imine (C=N–C) groups is 1. The summed E-state index contributed by atoms with van der Waals surface area (Å²) in [6.07, 6.45) is 1.01. The maximum Gasteiger partial charge on any atom is 0.305 e. The van der Waals surface area contributed by atoms with E-state index in [1.165, 1.54) is 0 Å². The molecule has 0 atom stereocenters. The Hall–Kier alpha value is -1.06. The van der Waals surface area contributed by atoms with E-state index in [2.05, 4.69) is 20.9 Å². The van der Waals surface area contributed by atoms with Crippen molar-refractivity contribution in [3.8, 4) is 0 Å². The number of halogens is 1. The Balaban J connectivity index is 0. The molecule has 130 valence electrons. The lowest BCUT2D eigenvalue weighted by Crippen LogP contribution is -2.48. The van der Waals surface area contributed by atoms with Crippen molar-refractivity contribution in [3.05, 3.63) is 0 Å². The molecule has 0 bridgehead atoms. The molecule has 0 radical (unpaired) electrons. The van der Waals surface area contributed by atoms with Crippen molar-refractivity contribution >= 4 is 41.8 Å². The highest BCUT2D eigenvalue weighted by Gasteiger charge is 2.13. The van der Waals surface area contributed by atoms with Crippen LogP contribution in [0.2, 0.25) is 0 Å². The van der Waals surface area contributed by atoms with Crippen LogP contribution < -0.4 is 16.0 Å². The van der Waals surface area contributed by atoms with Crippen molar-refractivity contribution in [2.75, 3.05) is 26.7 Å². The molecular formula is C14H29IN4O3. The summed E-state index contributed by atoms with van der Waals surface area (Å²) in [5, 5.41) is 8.80. The number of esters is 1. The van der Waals surface area contributed by atoms with E-state index >= 15 is 0 Å². The fourth-order valence-electron chi connectivity index (χ4n) is 1.52. The van der Waals surface area contributed by atoms with Crippen LogP contribution in [0.1, 0.15) is 40.5 Å². The van der Waals surface area contributed by atoms with E-state index in [-0.39, 0.29) is 47.9 Å². The van der Waals surface area contributed by atoms with Gasteiger partial charge in [0.1, 0.15) is 0 Å². The third-order valence-corrected chi connectivity index (χ3v) is 2.31. The lowest BCUT2D eigenvalue weighted by molar-refractivity contribution is -0.143. The van der Waals surface area contributed by atoms with Crippen LogP contribution in [0.4, 0.5) is 0 Å². The Morgan fingerprint density at radius 1 is 1.18 bits per heavy atom. The van der Waals surface area contributed by atoms with Gasteiger partial charge in [0.05, 0.1) is 13.2 Å². The number of hydrogen-bond acceptors (Lipinski definition) is 4. The summed E-state index contributed by atoms with van der Waals surface area (Å²) < 4.78 is 4.84. The second-order valence-corrected chi connectivity index (χ2v) is 5.56. The van der Waals surface area contributed by atoms with Crippen LogP contribution in [-0.2, 0) is 14.3 Å². The summed E-state index contributed by atoms with van der Waals surface area (Å²) in [5.41, 5.74) is -0.255. The largest absolute Gasteiger partial charge is 0.466 e. The Bertz CT molecular complexity index is 368. The third kappa shape index (κ3) is 13.9. The predicted molar refractivity (Wildman–Crippen MR) is 98.5 cm³/mol. The lowest BCUT2D eigenvalue weighted by atomic mass is 10.1. The minimum atomic E-state index is -0.255. The standard InChI is InChI=1S/C14H28N4O3.HI/c1-6-21-12(20)8-7-9-16-13(15-5)17-10-11(19)18-14(2,3)4;/h6-10H2,1-5H3,(H,18,19)(H2,15,16,17);1H. The van der Waals surface area contributed by atoms with Gasteiger partial charge in [-0.05, 0) is 34.1 Å². The number of nitrogens with zero attached hydrogens (tertiary/aromatic N) is 1. The first kappa shape index (κ1) is 23.2. The van der Waals surface area contributed by atoms with Crippen LogP contribution in [0.3, 0.4) is 0 Å². The minimum absolute atomic E-state index is 0. The summed E-state index contributed by atoms with van der Waals surface area (Å²) >= 11 is 0. The van der Waals surface area contributed by atoms with Crippen LogP contribution >= 0.6 is 24.0 Å². The molecular weight excluding hydrogens is 399 g/mol. The number of rotatable bonds is 7. The number of nitrogens with one attached hydrogen (secondary N) is 3. The van der Waals surface area contributed by atoms with Gasteiger partial charge in [0.25, 0.3) is 0 Å². The number of hydrogen-bond donors (Lipinski definition) is 3. The SMILES string of the molecule is CCOC(=O)CCCNC(=NC)NCC(=O)NC(C)(C)C.I. The Morgan fingerprint density at radius 3 is 2.32 bits per heavy atom. The number of amides is 1. The summed E-state index contributed by atoms with van der Waals surface area (Å²) in [5.74, 6) is 0.228. The molecule has 0 fully saturated rings. The van der Waals surface area contributed by atoms with E-state index in [1.54, 1.807) is 14.0 Å². The molecule has 0 heterocycles. The zero-order chi connectivity index (χ0) is 16.3. The maximum absolute atomic E-state index is 11.7. The zero-order valence-electron chi connectivity index (χ0n) is 14.1. The van der Waals surface area contributed by atoms with Crippen molar-refractivity contribution < 1.29 is 14.3 Å². The first-order chi connectivity index (χ1) is 9.78. The number of carbonyl (C=O) groups excluding carboxylic acids is 2. The van der Waals surface area contributed by atoms with Crippen molar-refractivity contribution in [2.45, 2.75) is 46.1 Å². The molecule has 0 spiro atoms. The molecule has 0 aliphatic heterocycles. The summed E-state index contributed by atoms with van der Waals surface area (Å²) in [7, 11) is 1.63. The quantitative estimate of drug-likeness (QED) is 0.185. The monoisotopic (exact) mass is 428 g/mol. The molecule has 8 heteroatoms. The van der Waals surface area contributed by atoms with Crippen LogP contribution in [0.15, 0.2) is 4.99 Å². The Morgan fingerprint density at radius 2 is 1.82 bits per heavy atom. The highest BCUT2D eigenvalue weighted by Crippen LogP contribution is 1.97. The van der Waals surface area contributed by atoms with Gasteiger partial charge in [-0.25, -0.2) is 0 Å².